The molecule has 1 heterocycles. The first-order valence-electron chi connectivity index (χ1n) is 11.4. The van der Waals surface area contributed by atoms with Crippen molar-refractivity contribution in [3.05, 3.63) is 29.8 Å². The van der Waals surface area contributed by atoms with Gasteiger partial charge in [0.1, 0.15) is 5.54 Å². The summed E-state index contributed by atoms with van der Waals surface area (Å²) in [5.74, 6) is -0.685. The number of hydrogen-bond acceptors (Lipinski definition) is 4. The molecule has 1 saturated carbocycles. The Bertz CT molecular complexity index is 911. The molecule has 0 unspecified atom stereocenters. The zero-order chi connectivity index (χ0) is 22.6. The molecule has 0 aromatic heterocycles. The third kappa shape index (κ3) is 4.95. The number of para-hydroxylation sites is 1. The van der Waals surface area contributed by atoms with Gasteiger partial charge in [-0.2, -0.15) is 4.31 Å². The quantitative estimate of drug-likeness (QED) is 0.693. The van der Waals surface area contributed by atoms with Crippen LogP contribution in [-0.4, -0.2) is 55.0 Å². The molecule has 1 aliphatic heterocycles. The maximum Gasteiger partial charge on any atom is 0.247 e. The van der Waals surface area contributed by atoms with E-state index in [4.69, 9.17) is 0 Å². The van der Waals surface area contributed by atoms with Crippen molar-refractivity contribution in [3.63, 3.8) is 0 Å². The monoisotopic (exact) mass is 449 g/mol. The van der Waals surface area contributed by atoms with Crippen LogP contribution in [0.5, 0.6) is 0 Å². The van der Waals surface area contributed by atoms with E-state index in [0.717, 1.165) is 31.2 Å². The number of carbonyl (C=O) groups is 2. The molecule has 3 rings (SSSR count). The number of hydrogen-bond donors (Lipinski definition) is 1. The van der Waals surface area contributed by atoms with Crippen molar-refractivity contribution in [2.24, 2.45) is 0 Å². The standard InChI is InChI=1S/C23H35N3O4S/c1-4-15-31(29,30)25-16-21(27)26(20-14-10-9-11-18(20)5-2)23(3,17-25)22(28)24-19-12-7-6-8-13-19/h9-11,14,19H,4-8,12-13,15-17H2,1-3H3,(H,24,28)/t23-/m0/s1. The minimum atomic E-state index is -3.62. The average Bonchev–Trinajstić information content (AvgIpc) is 2.74. The van der Waals surface area contributed by atoms with E-state index in [-0.39, 0.29) is 36.7 Å². The predicted octanol–water partition coefficient (Wildman–Crippen LogP) is 2.85. The van der Waals surface area contributed by atoms with Crippen molar-refractivity contribution in [1.29, 1.82) is 0 Å². The van der Waals surface area contributed by atoms with Crippen LogP contribution in [0.2, 0.25) is 0 Å². The Hall–Kier alpha value is -1.93. The van der Waals surface area contributed by atoms with Gasteiger partial charge in [-0.25, -0.2) is 8.42 Å². The Kier molecular flexibility index (Phi) is 7.42. The Morgan fingerprint density at radius 1 is 1.16 bits per heavy atom. The topological polar surface area (TPSA) is 86.8 Å². The fourth-order valence-corrected chi connectivity index (χ4v) is 6.27. The molecule has 8 heteroatoms. The lowest BCUT2D eigenvalue weighted by atomic mass is 9.90. The first-order valence-corrected chi connectivity index (χ1v) is 13.0. The summed E-state index contributed by atoms with van der Waals surface area (Å²) in [5.41, 5.74) is 0.319. The van der Waals surface area contributed by atoms with E-state index in [1.807, 2.05) is 31.2 Å². The molecule has 1 saturated heterocycles. The molecule has 1 aromatic carbocycles. The van der Waals surface area contributed by atoms with Crippen molar-refractivity contribution in [3.8, 4) is 0 Å². The molecule has 31 heavy (non-hydrogen) atoms. The summed E-state index contributed by atoms with van der Waals surface area (Å²) < 4.78 is 26.8. The summed E-state index contributed by atoms with van der Waals surface area (Å²) in [6.07, 6.45) is 6.30. The zero-order valence-corrected chi connectivity index (χ0v) is 19.7. The Morgan fingerprint density at radius 3 is 2.48 bits per heavy atom. The summed E-state index contributed by atoms with van der Waals surface area (Å²) in [4.78, 5) is 28.5. The van der Waals surface area contributed by atoms with Crippen LogP contribution in [0.15, 0.2) is 24.3 Å². The number of carbonyl (C=O) groups excluding carboxylic acids is 2. The van der Waals surface area contributed by atoms with E-state index >= 15 is 0 Å². The maximum atomic E-state index is 13.6. The number of nitrogens with zero attached hydrogens (tertiary/aromatic N) is 2. The Morgan fingerprint density at radius 2 is 1.84 bits per heavy atom. The summed E-state index contributed by atoms with van der Waals surface area (Å²) in [6.45, 7) is 5.21. The highest BCUT2D eigenvalue weighted by Gasteiger charge is 2.51. The lowest BCUT2D eigenvalue weighted by molar-refractivity contribution is -0.133. The van der Waals surface area contributed by atoms with Crippen molar-refractivity contribution >= 4 is 27.5 Å². The molecular formula is C23H35N3O4S. The van der Waals surface area contributed by atoms with Gasteiger partial charge in [0.25, 0.3) is 0 Å². The van der Waals surface area contributed by atoms with Gasteiger partial charge in [-0.05, 0) is 44.2 Å². The molecule has 0 bridgehead atoms. The number of rotatable bonds is 7. The molecule has 1 atom stereocenters. The van der Waals surface area contributed by atoms with Gasteiger partial charge in [0.2, 0.25) is 21.8 Å². The van der Waals surface area contributed by atoms with Crippen molar-refractivity contribution in [2.75, 3.05) is 23.7 Å². The van der Waals surface area contributed by atoms with Crippen LogP contribution < -0.4 is 10.2 Å². The Balaban J connectivity index is 2.01. The van der Waals surface area contributed by atoms with Gasteiger partial charge in [0.05, 0.1) is 12.3 Å². The largest absolute Gasteiger partial charge is 0.351 e. The molecule has 1 aliphatic carbocycles. The summed E-state index contributed by atoms with van der Waals surface area (Å²) >= 11 is 0. The lowest BCUT2D eigenvalue weighted by Gasteiger charge is -2.47. The fraction of sp³-hybridized carbons (Fsp3) is 0.652. The number of nitrogens with one attached hydrogen (secondary N) is 1. The molecule has 1 aromatic rings. The number of aryl methyl sites for hydroxylation is 1. The molecule has 0 radical (unpaired) electrons. The number of anilines is 1. The summed E-state index contributed by atoms with van der Waals surface area (Å²) in [5, 5.41) is 3.14. The van der Waals surface area contributed by atoms with Crippen LogP contribution in [0.4, 0.5) is 5.69 Å². The van der Waals surface area contributed by atoms with Crippen LogP contribution in [0, 0.1) is 0 Å². The summed E-state index contributed by atoms with van der Waals surface area (Å²) in [7, 11) is -3.62. The maximum absolute atomic E-state index is 13.6. The van der Waals surface area contributed by atoms with E-state index in [9.17, 15) is 18.0 Å². The molecule has 172 valence electrons. The van der Waals surface area contributed by atoms with E-state index in [0.29, 0.717) is 18.5 Å². The van der Waals surface area contributed by atoms with Crippen molar-refractivity contribution in [1.82, 2.24) is 9.62 Å². The third-order valence-corrected chi connectivity index (χ3v) is 8.41. The fourth-order valence-electron chi connectivity index (χ4n) is 4.74. The van der Waals surface area contributed by atoms with E-state index < -0.39 is 15.6 Å². The molecule has 7 nitrogen and oxygen atoms in total. The molecule has 0 spiro atoms. The van der Waals surface area contributed by atoms with Gasteiger partial charge in [0.15, 0.2) is 0 Å². The van der Waals surface area contributed by atoms with Gasteiger partial charge >= 0.3 is 0 Å². The minimum Gasteiger partial charge on any atom is -0.351 e. The second-order valence-corrected chi connectivity index (χ2v) is 11.0. The van der Waals surface area contributed by atoms with Crippen LogP contribution in [0.3, 0.4) is 0 Å². The highest BCUT2D eigenvalue weighted by Crippen LogP contribution is 2.34. The van der Waals surface area contributed by atoms with E-state index in [2.05, 4.69) is 5.32 Å². The van der Waals surface area contributed by atoms with Gasteiger partial charge in [-0.3, -0.25) is 14.5 Å². The lowest BCUT2D eigenvalue weighted by Crippen LogP contribution is -2.71. The van der Waals surface area contributed by atoms with Crippen LogP contribution >= 0.6 is 0 Å². The van der Waals surface area contributed by atoms with Crippen LogP contribution in [-0.2, 0) is 26.0 Å². The second kappa shape index (κ2) is 9.69. The first-order chi connectivity index (χ1) is 14.7. The minimum absolute atomic E-state index is 0.0356. The second-order valence-electron chi connectivity index (χ2n) is 8.88. The van der Waals surface area contributed by atoms with Gasteiger partial charge < -0.3 is 5.32 Å². The number of benzene rings is 1. The Labute approximate surface area is 186 Å². The van der Waals surface area contributed by atoms with Gasteiger partial charge in [0, 0.05) is 18.3 Å². The third-order valence-electron chi connectivity index (χ3n) is 6.44. The number of piperazine rings is 1. The first kappa shape index (κ1) is 23.7. The van der Waals surface area contributed by atoms with E-state index in [1.165, 1.54) is 10.7 Å². The highest BCUT2D eigenvalue weighted by atomic mass is 32.2. The number of sulfonamides is 1. The van der Waals surface area contributed by atoms with Crippen molar-refractivity contribution < 1.29 is 18.0 Å². The average molecular weight is 450 g/mol. The van der Waals surface area contributed by atoms with E-state index in [1.54, 1.807) is 18.7 Å². The van der Waals surface area contributed by atoms with Crippen LogP contribution in [0.1, 0.15) is 64.9 Å². The van der Waals surface area contributed by atoms with Crippen LogP contribution in [0.25, 0.3) is 0 Å². The van der Waals surface area contributed by atoms with Crippen molar-refractivity contribution in [2.45, 2.75) is 77.3 Å². The SMILES string of the molecule is CCCS(=O)(=O)N1CC(=O)N(c2ccccc2CC)[C@](C)(C(=O)NC2CCCCC2)C1. The zero-order valence-electron chi connectivity index (χ0n) is 18.9. The predicted molar refractivity (Wildman–Crippen MR) is 122 cm³/mol. The smallest absolute Gasteiger partial charge is 0.247 e. The van der Waals surface area contributed by atoms with Gasteiger partial charge in [-0.1, -0.05) is 51.3 Å². The molecule has 2 amide bonds. The number of amides is 2. The van der Waals surface area contributed by atoms with Gasteiger partial charge in [-0.15, -0.1) is 0 Å². The molecule has 2 fully saturated rings. The summed E-state index contributed by atoms with van der Waals surface area (Å²) in [6, 6.07) is 7.62. The molecule has 1 N–H and O–H groups in total. The molecular weight excluding hydrogens is 414 g/mol. The normalized spacial score (nSPS) is 23.7. The highest BCUT2D eigenvalue weighted by molar-refractivity contribution is 7.89. The molecule has 2 aliphatic rings.